The van der Waals surface area contributed by atoms with Crippen LogP contribution in [-0.2, 0) is 16.1 Å². The van der Waals surface area contributed by atoms with Crippen molar-refractivity contribution in [2.24, 2.45) is 5.41 Å². The van der Waals surface area contributed by atoms with E-state index in [1.54, 1.807) is 0 Å². The van der Waals surface area contributed by atoms with E-state index in [1.165, 1.54) is 5.56 Å². The molecule has 0 N–H and O–H groups in total. The van der Waals surface area contributed by atoms with Crippen molar-refractivity contribution in [3.05, 3.63) is 59.9 Å². The van der Waals surface area contributed by atoms with Crippen LogP contribution >= 0.6 is 0 Å². The molecule has 1 fully saturated rings. The standard InChI is InChI=1S/C24H33N3O2/c1-4-29-23(28)24(13-8-12-21-10-6-5-7-11-21)14-9-15-26(19-24)17-22-16-25-27(18-22)20(2)3/h5-8,10-12,16,18,20H,4,9,13-15,17,19H2,1-3H3. The van der Waals surface area contributed by atoms with Crippen LogP contribution in [0.1, 0.15) is 57.2 Å². The van der Waals surface area contributed by atoms with Gasteiger partial charge in [-0.25, -0.2) is 0 Å². The fourth-order valence-corrected chi connectivity index (χ4v) is 4.05. The minimum absolute atomic E-state index is 0.0692. The normalized spacial score (nSPS) is 20.4. The van der Waals surface area contributed by atoms with Gasteiger partial charge in [0.2, 0.25) is 0 Å². The lowest BCUT2D eigenvalue weighted by Crippen LogP contribution is -2.48. The van der Waals surface area contributed by atoms with Gasteiger partial charge in [0.1, 0.15) is 0 Å². The van der Waals surface area contributed by atoms with E-state index < -0.39 is 5.41 Å². The molecule has 2 aromatic rings. The fourth-order valence-electron chi connectivity index (χ4n) is 4.05. The molecule has 3 rings (SSSR count). The Bertz CT molecular complexity index is 813. The number of carbonyl (C=O) groups is 1. The number of allylic oxidation sites excluding steroid dienone is 1. The molecule has 5 heteroatoms. The Morgan fingerprint density at radius 1 is 1.31 bits per heavy atom. The van der Waals surface area contributed by atoms with E-state index >= 15 is 0 Å². The van der Waals surface area contributed by atoms with Crippen LogP contribution in [0.25, 0.3) is 6.08 Å². The van der Waals surface area contributed by atoms with Gasteiger partial charge in [-0.05, 0) is 52.1 Å². The Balaban J connectivity index is 1.72. The lowest BCUT2D eigenvalue weighted by molar-refractivity contribution is -0.159. The predicted molar refractivity (Wildman–Crippen MR) is 116 cm³/mol. The maximum atomic E-state index is 13.0. The van der Waals surface area contributed by atoms with E-state index in [2.05, 4.69) is 54.3 Å². The lowest BCUT2D eigenvalue weighted by Gasteiger charge is -2.40. The molecule has 0 aliphatic carbocycles. The summed E-state index contributed by atoms with van der Waals surface area (Å²) in [6.45, 7) is 9.09. The summed E-state index contributed by atoms with van der Waals surface area (Å²) < 4.78 is 7.49. The number of hydrogen-bond donors (Lipinski definition) is 0. The third kappa shape index (κ3) is 5.57. The Kier molecular flexibility index (Phi) is 7.26. The molecule has 1 atom stereocenters. The topological polar surface area (TPSA) is 47.4 Å². The highest BCUT2D eigenvalue weighted by molar-refractivity contribution is 5.77. The molecule has 0 radical (unpaired) electrons. The second-order valence-electron chi connectivity index (χ2n) is 8.25. The van der Waals surface area contributed by atoms with Crippen LogP contribution < -0.4 is 0 Å². The van der Waals surface area contributed by atoms with Crippen LogP contribution in [0.4, 0.5) is 0 Å². The Hall–Kier alpha value is -2.40. The Labute approximate surface area is 174 Å². The van der Waals surface area contributed by atoms with Crippen molar-refractivity contribution in [2.75, 3.05) is 19.7 Å². The highest BCUT2D eigenvalue weighted by atomic mass is 16.5. The van der Waals surface area contributed by atoms with Crippen molar-refractivity contribution in [3.8, 4) is 0 Å². The van der Waals surface area contributed by atoms with Gasteiger partial charge in [-0.3, -0.25) is 14.4 Å². The van der Waals surface area contributed by atoms with Crippen LogP contribution in [0, 0.1) is 5.41 Å². The molecule has 2 heterocycles. The average molecular weight is 396 g/mol. The van der Waals surface area contributed by atoms with E-state index in [9.17, 15) is 4.79 Å². The number of nitrogens with zero attached hydrogens (tertiary/aromatic N) is 3. The summed E-state index contributed by atoms with van der Waals surface area (Å²) in [6.07, 6.45) is 10.8. The van der Waals surface area contributed by atoms with E-state index in [0.29, 0.717) is 19.1 Å². The molecule has 5 nitrogen and oxygen atoms in total. The SMILES string of the molecule is CCOC(=O)C1(CC=Cc2ccccc2)CCCN(Cc2cnn(C(C)C)c2)C1. The van der Waals surface area contributed by atoms with Crippen molar-refractivity contribution >= 4 is 12.0 Å². The monoisotopic (exact) mass is 395 g/mol. The number of hydrogen-bond acceptors (Lipinski definition) is 4. The molecule has 1 saturated heterocycles. The summed E-state index contributed by atoms with van der Waals surface area (Å²) in [7, 11) is 0. The van der Waals surface area contributed by atoms with Crippen molar-refractivity contribution in [3.63, 3.8) is 0 Å². The molecule has 0 amide bonds. The second kappa shape index (κ2) is 9.88. The molecule has 1 aliphatic rings. The first-order valence-corrected chi connectivity index (χ1v) is 10.7. The number of likely N-dealkylation sites (tertiary alicyclic amines) is 1. The van der Waals surface area contributed by atoms with Crippen LogP contribution in [0.15, 0.2) is 48.8 Å². The molecular weight excluding hydrogens is 362 g/mol. The smallest absolute Gasteiger partial charge is 0.313 e. The zero-order valence-corrected chi connectivity index (χ0v) is 17.9. The Morgan fingerprint density at radius 3 is 2.79 bits per heavy atom. The number of rotatable bonds is 8. The molecule has 1 aromatic carbocycles. The van der Waals surface area contributed by atoms with Gasteiger partial charge in [-0.1, -0.05) is 42.5 Å². The van der Waals surface area contributed by atoms with E-state index in [-0.39, 0.29) is 5.97 Å². The molecule has 0 spiro atoms. The van der Waals surface area contributed by atoms with Crippen molar-refractivity contribution in [1.29, 1.82) is 0 Å². The minimum atomic E-state index is -0.479. The maximum Gasteiger partial charge on any atom is 0.313 e. The van der Waals surface area contributed by atoms with E-state index in [0.717, 1.165) is 38.0 Å². The van der Waals surface area contributed by atoms with Gasteiger partial charge in [-0.2, -0.15) is 5.10 Å². The van der Waals surface area contributed by atoms with E-state index in [4.69, 9.17) is 4.74 Å². The van der Waals surface area contributed by atoms with E-state index in [1.807, 2.05) is 36.0 Å². The van der Waals surface area contributed by atoms with Gasteiger partial charge in [0.15, 0.2) is 0 Å². The number of esters is 1. The minimum Gasteiger partial charge on any atom is -0.466 e. The zero-order chi connectivity index (χ0) is 20.7. The number of aromatic nitrogens is 2. The molecular formula is C24H33N3O2. The summed E-state index contributed by atoms with van der Waals surface area (Å²) in [4.78, 5) is 15.3. The summed E-state index contributed by atoms with van der Waals surface area (Å²) in [5, 5.41) is 4.45. The largest absolute Gasteiger partial charge is 0.466 e. The molecule has 1 aromatic heterocycles. The lowest BCUT2D eigenvalue weighted by atomic mass is 9.76. The summed E-state index contributed by atoms with van der Waals surface area (Å²) in [5.41, 5.74) is 1.87. The van der Waals surface area contributed by atoms with Gasteiger partial charge < -0.3 is 4.74 Å². The number of benzene rings is 1. The quantitative estimate of drug-likeness (QED) is 0.607. The molecule has 1 aliphatic heterocycles. The molecule has 1 unspecified atom stereocenters. The predicted octanol–water partition coefficient (Wildman–Crippen LogP) is 4.71. The highest BCUT2D eigenvalue weighted by Gasteiger charge is 2.42. The summed E-state index contributed by atoms with van der Waals surface area (Å²) in [6, 6.07) is 10.6. The van der Waals surface area contributed by atoms with Gasteiger partial charge in [-0.15, -0.1) is 0 Å². The maximum absolute atomic E-state index is 13.0. The van der Waals surface area contributed by atoms with Gasteiger partial charge in [0, 0.05) is 30.9 Å². The van der Waals surface area contributed by atoms with Gasteiger partial charge >= 0.3 is 5.97 Å². The first-order chi connectivity index (χ1) is 14.0. The Morgan fingerprint density at radius 2 is 2.10 bits per heavy atom. The van der Waals surface area contributed by atoms with Gasteiger partial charge in [0.25, 0.3) is 0 Å². The van der Waals surface area contributed by atoms with Crippen LogP contribution in [0.3, 0.4) is 0 Å². The van der Waals surface area contributed by atoms with Gasteiger partial charge in [0.05, 0.1) is 18.2 Å². The third-order valence-electron chi connectivity index (χ3n) is 5.57. The first kappa shape index (κ1) is 21.3. The van der Waals surface area contributed by atoms with Crippen LogP contribution in [-0.4, -0.2) is 40.3 Å². The van der Waals surface area contributed by atoms with Crippen LogP contribution in [0.2, 0.25) is 0 Å². The fraction of sp³-hybridized carbons (Fsp3) is 0.500. The number of ether oxygens (including phenoxy) is 1. The van der Waals surface area contributed by atoms with Crippen molar-refractivity contribution in [1.82, 2.24) is 14.7 Å². The summed E-state index contributed by atoms with van der Waals surface area (Å²) >= 11 is 0. The summed E-state index contributed by atoms with van der Waals surface area (Å²) in [5.74, 6) is -0.0692. The molecule has 0 saturated carbocycles. The average Bonchev–Trinajstić information content (AvgIpc) is 3.18. The van der Waals surface area contributed by atoms with Crippen LogP contribution in [0.5, 0.6) is 0 Å². The molecule has 0 bridgehead atoms. The van der Waals surface area contributed by atoms with Crippen molar-refractivity contribution in [2.45, 2.75) is 52.6 Å². The second-order valence-corrected chi connectivity index (χ2v) is 8.25. The molecule has 29 heavy (non-hydrogen) atoms. The molecule has 156 valence electrons. The number of carbonyl (C=O) groups excluding carboxylic acids is 1. The number of piperidine rings is 1. The van der Waals surface area contributed by atoms with Crippen molar-refractivity contribution < 1.29 is 9.53 Å². The zero-order valence-electron chi connectivity index (χ0n) is 17.9. The first-order valence-electron chi connectivity index (χ1n) is 10.7. The highest BCUT2D eigenvalue weighted by Crippen LogP contribution is 2.36. The third-order valence-corrected chi connectivity index (χ3v) is 5.57.